The Labute approximate surface area is 126 Å². The van der Waals surface area contributed by atoms with Crippen molar-refractivity contribution < 1.29 is 23.0 Å². The van der Waals surface area contributed by atoms with Crippen LogP contribution in [0.1, 0.15) is 33.6 Å². The molecular weight excluding hydrogens is 292 g/mol. The average Bonchev–Trinajstić information content (AvgIpc) is 2.93. The van der Waals surface area contributed by atoms with Crippen LogP contribution >= 0.6 is 0 Å². The molecule has 0 aromatic carbocycles. The lowest BCUT2D eigenvalue weighted by molar-refractivity contribution is -0.145. The number of ether oxygens (including phenoxy) is 2. The molecule has 1 fully saturated rings. The van der Waals surface area contributed by atoms with E-state index in [4.69, 9.17) is 9.47 Å². The Morgan fingerprint density at radius 3 is 2.67 bits per heavy atom. The van der Waals surface area contributed by atoms with Crippen molar-refractivity contribution in [2.24, 2.45) is 0 Å². The molecule has 0 aliphatic carbocycles. The van der Waals surface area contributed by atoms with Crippen molar-refractivity contribution in [3.05, 3.63) is 23.3 Å². The predicted molar refractivity (Wildman–Crippen MR) is 80.6 cm³/mol. The van der Waals surface area contributed by atoms with Crippen LogP contribution in [0, 0.1) is 0 Å². The SMILES string of the molecule is CC1=CCS(=O)(=O)C1C(O)/C(C)=C\CCC1(C)OCCO1. The summed E-state index contributed by atoms with van der Waals surface area (Å²) >= 11 is 0. The van der Waals surface area contributed by atoms with Crippen molar-refractivity contribution in [1.82, 2.24) is 0 Å². The van der Waals surface area contributed by atoms with E-state index in [2.05, 4.69) is 0 Å². The van der Waals surface area contributed by atoms with Gasteiger partial charge in [-0.05, 0) is 32.8 Å². The van der Waals surface area contributed by atoms with Crippen molar-refractivity contribution in [3.8, 4) is 0 Å². The molecule has 6 heteroatoms. The van der Waals surface area contributed by atoms with Crippen LogP contribution in [0.5, 0.6) is 0 Å². The van der Waals surface area contributed by atoms with Crippen molar-refractivity contribution in [2.45, 2.75) is 50.8 Å². The molecule has 2 rings (SSSR count). The van der Waals surface area contributed by atoms with Gasteiger partial charge in [-0.15, -0.1) is 0 Å². The zero-order valence-corrected chi connectivity index (χ0v) is 13.6. The van der Waals surface area contributed by atoms with Gasteiger partial charge in [0, 0.05) is 6.42 Å². The Hall–Kier alpha value is -0.690. The number of rotatable bonds is 5. The summed E-state index contributed by atoms with van der Waals surface area (Å²) in [6, 6.07) is 0. The first kappa shape index (κ1) is 16.7. The number of aliphatic hydroxyl groups is 1. The molecule has 2 atom stereocenters. The molecule has 2 aliphatic rings. The van der Waals surface area contributed by atoms with E-state index in [1.807, 2.05) is 13.0 Å². The number of aliphatic hydroxyl groups excluding tert-OH is 1. The second kappa shape index (κ2) is 6.20. The fourth-order valence-corrected chi connectivity index (χ4v) is 4.79. The molecular formula is C15H24O5S. The van der Waals surface area contributed by atoms with Crippen molar-refractivity contribution in [3.63, 3.8) is 0 Å². The number of hydrogen-bond acceptors (Lipinski definition) is 5. The quantitative estimate of drug-likeness (QED) is 0.780. The standard InChI is InChI=1S/C15H24O5S/c1-11(5-4-7-15(3)19-8-9-20-15)13(16)14-12(2)6-10-21(14,17)18/h5-6,13-14,16H,4,7-10H2,1-3H3/b11-5-. The predicted octanol–water partition coefficient (Wildman–Crippen LogP) is 1.58. The smallest absolute Gasteiger partial charge is 0.166 e. The number of allylic oxidation sites excluding steroid dienone is 1. The molecule has 0 aromatic rings. The fraction of sp³-hybridized carbons (Fsp3) is 0.733. The first-order valence-corrected chi connectivity index (χ1v) is 8.98. The van der Waals surface area contributed by atoms with Crippen LogP contribution in [-0.4, -0.2) is 49.6 Å². The van der Waals surface area contributed by atoms with E-state index in [-0.39, 0.29) is 5.75 Å². The van der Waals surface area contributed by atoms with Crippen LogP contribution in [0.2, 0.25) is 0 Å². The molecule has 21 heavy (non-hydrogen) atoms. The Balaban J connectivity index is 1.97. The molecule has 0 radical (unpaired) electrons. The van der Waals surface area contributed by atoms with E-state index in [1.165, 1.54) is 0 Å². The van der Waals surface area contributed by atoms with E-state index in [0.717, 1.165) is 5.57 Å². The highest BCUT2D eigenvalue weighted by Gasteiger charge is 2.38. The van der Waals surface area contributed by atoms with Crippen LogP contribution in [0.25, 0.3) is 0 Å². The van der Waals surface area contributed by atoms with E-state index >= 15 is 0 Å². The van der Waals surface area contributed by atoms with Gasteiger partial charge in [-0.25, -0.2) is 8.42 Å². The molecule has 0 bridgehead atoms. The Morgan fingerprint density at radius 1 is 1.52 bits per heavy atom. The van der Waals surface area contributed by atoms with Crippen LogP contribution in [0.3, 0.4) is 0 Å². The maximum absolute atomic E-state index is 12.0. The highest BCUT2D eigenvalue weighted by molar-refractivity contribution is 7.92. The second-order valence-corrected chi connectivity index (χ2v) is 8.13. The third kappa shape index (κ3) is 3.74. The first-order valence-electron chi connectivity index (χ1n) is 7.26. The zero-order valence-electron chi connectivity index (χ0n) is 12.8. The first-order chi connectivity index (χ1) is 9.75. The van der Waals surface area contributed by atoms with Gasteiger partial charge in [0.25, 0.3) is 0 Å². The Morgan fingerprint density at radius 2 is 2.14 bits per heavy atom. The van der Waals surface area contributed by atoms with Gasteiger partial charge in [-0.2, -0.15) is 0 Å². The molecule has 0 aromatic heterocycles. The minimum absolute atomic E-state index is 0.0214. The highest BCUT2D eigenvalue weighted by Crippen LogP contribution is 2.28. The summed E-state index contributed by atoms with van der Waals surface area (Å²) in [7, 11) is -3.27. The van der Waals surface area contributed by atoms with Gasteiger partial charge < -0.3 is 14.6 Å². The normalized spacial score (nSPS) is 29.4. The van der Waals surface area contributed by atoms with Crippen LogP contribution in [-0.2, 0) is 19.3 Å². The fourth-order valence-electron chi connectivity index (χ4n) is 2.82. The average molecular weight is 316 g/mol. The van der Waals surface area contributed by atoms with Gasteiger partial charge in [0.05, 0.1) is 25.1 Å². The lowest BCUT2D eigenvalue weighted by Gasteiger charge is -2.23. The van der Waals surface area contributed by atoms with E-state index in [0.29, 0.717) is 31.6 Å². The minimum atomic E-state index is -3.27. The summed E-state index contributed by atoms with van der Waals surface area (Å²) in [5, 5.41) is 9.53. The maximum atomic E-state index is 12.0. The summed E-state index contributed by atoms with van der Waals surface area (Å²) in [5.74, 6) is -0.537. The highest BCUT2D eigenvalue weighted by atomic mass is 32.2. The van der Waals surface area contributed by atoms with Gasteiger partial charge in [-0.1, -0.05) is 17.7 Å². The minimum Gasteiger partial charge on any atom is -0.387 e. The monoisotopic (exact) mass is 316 g/mol. The Kier molecular flexibility index (Phi) is 4.92. The summed E-state index contributed by atoms with van der Waals surface area (Å²) in [6.07, 6.45) is 3.94. The maximum Gasteiger partial charge on any atom is 0.166 e. The molecule has 120 valence electrons. The van der Waals surface area contributed by atoms with Crippen LogP contribution in [0.4, 0.5) is 0 Å². The number of sulfone groups is 1. The lowest BCUT2D eigenvalue weighted by atomic mass is 10.0. The molecule has 2 unspecified atom stereocenters. The second-order valence-electron chi connectivity index (χ2n) is 5.96. The van der Waals surface area contributed by atoms with E-state index < -0.39 is 27.0 Å². The summed E-state index contributed by atoms with van der Waals surface area (Å²) in [4.78, 5) is 0. The molecule has 0 amide bonds. The molecule has 5 nitrogen and oxygen atoms in total. The van der Waals surface area contributed by atoms with Gasteiger partial charge in [0.1, 0.15) is 5.25 Å². The van der Waals surface area contributed by atoms with Crippen molar-refractivity contribution >= 4 is 9.84 Å². The van der Waals surface area contributed by atoms with Gasteiger partial charge in [0.2, 0.25) is 0 Å². The van der Waals surface area contributed by atoms with Gasteiger partial charge in [-0.3, -0.25) is 0 Å². The lowest BCUT2D eigenvalue weighted by Crippen LogP contribution is -2.33. The van der Waals surface area contributed by atoms with Gasteiger partial charge >= 0.3 is 0 Å². The van der Waals surface area contributed by atoms with E-state index in [1.54, 1.807) is 19.9 Å². The summed E-state index contributed by atoms with van der Waals surface area (Å²) in [6.45, 7) is 6.63. The summed E-state index contributed by atoms with van der Waals surface area (Å²) < 4.78 is 35.0. The molecule has 0 spiro atoms. The van der Waals surface area contributed by atoms with Gasteiger partial charge in [0.15, 0.2) is 15.6 Å². The molecule has 2 aliphatic heterocycles. The Bertz CT molecular complexity index is 540. The molecule has 1 saturated heterocycles. The van der Waals surface area contributed by atoms with Crippen molar-refractivity contribution in [2.75, 3.05) is 19.0 Å². The molecule has 0 saturated carbocycles. The van der Waals surface area contributed by atoms with Crippen LogP contribution in [0.15, 0.2) is 23.3 Å². The third-order valence-corrected chi connectivity index (χ3v) is 6.22. The largest absolute Gasteiger partial charge is 0.387 e. The van der Waals surface area contributed by atoms with E-state index in [9.17, 15) is 13.5 Å². The zero-order chi connectivity index (χ0) is 15.7. The molecule has 1 N–H and O–H groups in total. The molecule has 2 heterocycles. The third-order valence-electron chi connectivity index (χ3n) is 4.19. The summed E-state index contributed by atoms with van der Waals surface area (Å²) in [5.41, 5.74) is 1.41. The topological polar surface area (TPSA) is 72.8 Å². The number of hydrogen-bond donors (Lipinski definition) is 1. The van der Waals surface area contributed by atoms with Crippen molar-refractivity contribution in [1.29, 1.82) is 0 Å². The van der Waals surface area contributed by atoms with Crippen LogP contribution < -0.4 is 0 Å².